The zero-order valence-corrected chi connectivity index (χ0v) is 13.3. The highest BCUT2D eigenvalue weighted by Gasteiger charge is 2.08. The van der Waals surface area contributed by atoms with Gasteiger partial charge in [-0.05, 0) is 39.0 Å². The Morgan fingerprint density at radius 3 is 2.62 bits per heavy atom. The van der Waals surface area contributed by atoms with Gasteiger partial charge in [-0.15, -0.1) is 0 Å². The second-order valence-electron chi connectivity index (χ2n) is 6.13. The predicted molar refractivity (Wildman–Crippen MR) is 83.2 cm³/mol. The van der Waals surface area contributed by atoms with Crippen LogP contribution in [0.4, 0.5) is 0 Å². The molecule has 2 aromatic rings. The SMILES string of the molecule is Cn1nccc1CCOc1ccc(CNC(C)(C)C)nc1. The van der Waals surface area contributed by atoms with E-state index in [9.17, 15) is 0 Å². The van der Waals surface area contributed by atoms with Crippen LogP contribution in [0.3, 0.4) is 0 Å². The molecule has 0 fully saturated rings. The van der Waals surface area contributed by atoms with Gasteiger partial charge < -0.3 is 10.1 Å². The van der Waals surface area contributed by atoms with Crippen LogP contribution in [0.5, 0.6) is 5.75 Å². The van der Waals surface area contributed by atoms with Gasteiger partial charge in [0.15, 0.2) is 0 Å². The second kappa shape index (κ2) is 6.72. The lowest BCUT2D eigenvalue weighted by atomic mass is 10.1. The summed E-state index contributed by atoms with van der Waals surface area (Å²) in [4.78, 5) is 4.41. The molecule has 0 aliphatic carbocycles. The first kappa shape index (κ1) is 15.5. The molecule has 0 radical (unpaired) electrons. The molecule has 5 heteroatoms. The maximum absolute atomic E-state index is 5.71. The maximum Gasteiger partial charge on any atom is 0.137 e. The van der Waals surface area contributed by atoms with Gasteiger partial charge in [0.25, 0.3) is 0 Å². The highest BCUT2D eigenvalue weighted by Crippen LogP contribution is 2.11. The van der Waals surface area contributed by atoms with Crippen molar-refractivity contribution in [3.05, 3.63) is 42.0 Å². The van der Waals surface area contributed by atoms with Crippen molar-refractivity contribution in [1.82, 2.24) is 20.1 Å². The van der Waals surface area contributed by atoms with Crippen molar-refractivity contribution < 1.29 is 4.74 Å². The number of aromatic nitrogens is 3. The van der Waals surface area contributed by atoms with Gasteiger partial charge in [-0.3, -0.25) is 9.67 Å². The summed E-state index contributed by atoms with van der Waals surface area (Å²) in [7, 11) is 1.94. The monoisotopic (exact) mass is 288 g/mol. The number of ether oxygens (including phenoxy) is 1. The number of pyridine rings is 1. The highest BCUT2D eigenvalue weighted by molar-refractivity contribution is 5.20. The van der Waals surface area contributed by atoms with Crippen LogP contribution >= 0.6 is 0 Å². The molecule has 0 saturated heterocycles. The van der Waals surface area contributed by atoms with E-state index in [2.05, 4.69) is 36.2 Å². The lowest BCUT2D eigenvalue weighted by molar-refractivity contribution is 0.317. The number of rotatable bonds is 6. The molecular weight excluding hydrogens is 264 g/mol. The smallest absolute Gasteiger partial charge is 0.137 e. The lowest BCUT2D eigenvalue weighted by Crippen LogP contribution is -2.35. The molecule has 0 spiro atoms. The van der Waals surface area contributed by atoms with Gasteiger partial charge in [0.05, 0.1) is 18.5 Å². The first-order valence-corrected chi connectivity index (χ1v) is 7.24. The zero-order chi connectivity index (χ0) is 15.3. The summed E-state index contributed by atoms with van der Waals surface area (Å²) in [5.74, 6) is 0.802. The van der Waals surface area contributed by atoms with Crippen molar-refractivity contribution in [3.8, 4) is 5.75 Å². The molecule has 2 heterocycles. The van der Waals surface area contributed by atoms with Crippen molar-refractivity contribution in [3.63, 3.8) is 0 Å². The Balaban J connectivity index is 1.78. The van der Waals surface area contributed by atoms with Gasteiger partial charge in [0.2, 0.25) is 0 Å². The molecule has 2 aromatic heterocycles. The highest BCUT2D eigenvalue weighted by atomic mass is 16.5. The molecule has 0 unspecified atom stereocenters. The standard InChI is InChI=1S/C16H24N4O/c1-16(2,3)18-11-13-5-6-15(12-17-13)21-10-8-14-7-9-19-20(14)4/h5-7,9,12,18H,8,10-11H2,1-4H3. The number of nitrogens with one attached hydrogen (secondary N) is 1. The van der Waals surface area contributed by atoms with E-state index >= 15 is 0 Å². The summed E-state index contributed by atoms with van der Waals surface area (Å²) in [6.07, 6.45) is 4.42. The van der Waals surface area contributed by atoms with Crippen LogP contribution in [0.15, 0.2) is 30.6 Å². The number of hydrogen-bond acceptors (Lipinski definition) is 4. The van der Waals surface area contributed by atoms with Crippen molar-refractivity contribution in [2.75, 3.05) is 6.61 Å². The molecule has 0 bridgehead atoms. The Morgan fingerprint density at radius 2 is 2.05 bits per heavy atom. The molecule has 114 valence electrons. The molecule has 0 atom stereocenters. The number of hydrogen-bond donors (Lipinski definition) is 1. The predicted octanol–water partition coefficient (Wildman–Crippen LogP) is 2.32. The maximum atomic E-state index is 5.71. The van der Waals surface area contributed by atoms with E-state index in [-0.39, 0.29) is 5.54 Å². The third-order valence-corrected chi connectivity index (χ3v) is 3.15. The Bertz CT molecular complexity index is 554. The fourth-order valence-electron chi connectivity index (χ4n) is 1.88. The molecule has 21 heavy (non-hydrogen) atoms. The summed E-state index contributed by atoms with van der Waals surface area (Å²) >= 11 is 0. The number of aryl methyl sites for hydroxylation is 1. The summed E-state index contributed by atoms with van der Waals surface area (Å²) in [6.45, 7) is 7.81. The Kier molecular flexibility index (Phi) is 4.96. The molecule has 5 nitrogen and oxygen atoms in total. The molecule has 0 aliphatic heterocycles. The zero-order valence-electron chi connectivity index (χ0n) is 13.3. The average Bonchev–Trinajstić information content (AvgIpc) is 2.83. The lowest BCUT2D eigenvalue weighted by Gasteiger charge is -2.20. The molecule has 0 saturated carbocycles. The van der Waals surface area contributed by atoms with Crippen LogP contribution in [0.25, 0.3) is 0 Å². The van der Waals surface area contributed by atoms with E-state index in [0.717, 1.165) is 30.1 Å². The van der Waals surface area contributed by atoms with E-state index in [1.165, 1.54) is 0 Å². The van der Waals surface area contributed by atoms with E-state index in [4.69, 9.17) is 4.74 Å². The van der Waals surface area contributed by atoms with E-state index < -0.39 is 0 Å². The number of nitrogens with zero attached hydrogens (tertiary/aromatic N) is 3. The van der Waals surface area contributed by atoms with Crippen LogP contribution in [0.2, 0.25) is 0 Å². The minimum Gasteiger partial charge on any atom is -0.492 e. The van der Waals surface area contributed by atoms with E-state index in [1.54, 1.807) is 12.4 Å². The van der Waals surface area contributed by atoms with Crippen LogP contribution in [-0.4, -0.2) is 26.9 Å². The molecular formula is C16H24N4O. The molecule has 0 aliphatic rings. The van der Waals surface area contributed by atoms with E-state index in [1.807, 2.05) is 29.9 Å². The molecule has 0 amide bonds. The molecule has 1 N–H and O–H groups in total. The average molecular weight is 288 g/mol. The van der Waals surface area contributed by atoms with Crippen molar-refractivity contribution in [2.45, 2.75) is 39.3 Å². The summed E-state index contributed by atoms with van der Waals surface area (Å²) < 4.78 is 7.57. The third kappa shape index (κ3) is 5.19. The van der Waals surface area contributed by atoms with Gasteiger partial charge in [-0.25, -0.2) is 0 Å². The Morgan fingerprint density at radius 1 is 1.24 bits per heavy atom. The summed E-state index contributed by atoms with van der Waals surface area (Å²) in [6, 6.07) is 5.97. The van der Waals surface area contributed by atoms with Gasteiger partial charge in [0.1, 0.15) is 5.75 Å². The van der Waals surface area contributed by atoms with Crippen LogP contribution in [-0.2, 0) is 20.0 Å². The quantitative estimate of drug-likeness (QED) is 0.886. The third-order valence-electron chi connectivity index (χ3n) is 3.15. The van der Waals surface area contributed by atoms with Crippen molar-refractivity contribution >= 4 is 0 Å². The van der Waals surface area contributed by atoms with Crippen LogP contribution in [0.1, 0.15) is 32.2 Å². The summed E-state index contributed by atoms with van der Waals surface area (Å²) in [5, 5.41) is 7.55. The normalized spacial score (nSPS) is 11.6. The fourth-order valence-corrected chi connectivity index (χ4v) is 1.88. The Hall–Kier alpha value is -1.88. The minimum absolute atomic E-state index is 0.0972. The second-order valence-corrected chi connectivity index (χ2v) is 6.13. The van der Waals surface area contributed by atoms with Gasteiger partial charge in [-0.1, -0.05) is 0 Å². The van der Waals surface area contributed by atoms with Crippen molar-refractivity contribution in [1.29, 1.82) is 0 Å². The van der Waals surface area contributed by atoms with Crippen LogP contribution < -0.4 is 10.1 Å². The first-order chi connectivity index (χ1) is 9.94. The van der Waals surface area contributed by atoms with Gasteiger partial charge in [-0.2, -0.15) is 5.10 Å². The van der Waals surface area contributed by atoms with Crippen molar-refractivity contribution in [2.24, 2.45) is 7.05 Å². The van der Waals surface area contributed by atoms with Gasteiger partial charge in [0, 0.05) is 37.4 Å². The molecule has 0 aromatic carbocycles. The Labute approximate surface area is 126 Å². The van der Waals surface area contributed by atoms with Crippen LogP contribution in [0, 0.1) is 0 Å². The topological polar surface area (TPSA) is 52.0 Å². The first-order valence-electron chi connectivity index (χ1n) is 7.24. The molecule has 2 rings (SSSR count). The largest absolute Gasteiger partial charge is 0.492 e. The fraction of sp³-hybridized carbons (Fsp3) is 0.500. The van der Waals surface area contributed by atoms with Gasteiger partial charge >= 0.3 is 0 Å². The van der Waals surface area contributed by atoms with E-state index in [0.29, 0.717) is 6.61 Å². The summed E-state index contributed by atoms with van der Waals surface area (Å²) in [5.41, 5.74) is 2.28. The minimum atomic E-state index is 0.0972.